The smallest absolute Gasteiger partial charge is 0.338 e. The maximum Gasteiger partial charge on any atom is 0.338 e. The number of benzene rings is 3. The second kappa shape index (κ2) is 9.99. The Morgan fingerprint density at radius 3 is 2.54 bits per heavy atom. The fourth-order valence-electron chi connectivity index (χ4n) is 3.65. The van der Waals surface area contributed by atoms with Gasteiger partial charge in [0.05, 0.1) is 22.7 Å². The number of anilines is 1. The third-order valence-electron chi connectivity index (χ3n) is 5.34. The predicted octanol–water partition coefficient (Wildman–Crippen LogP) is 4.84. The molecular formula is C27H23NO6S. The highest BCUT2D eigenvalue weighted by molar-refractivity contribution is 7.92. The lowest BCUT2D eigenvalue weighted by atomic mass is 10.1. The van der Waals surface area contributed by atoms with E-state index in [2.05, 4.69) is 6.58 Å². The van der Waals surface area contributed by atoms with Crippen LogP contribution < -0.4 is 9.93 Å². The quantitative estimate of drug-likeness (QED) is 0.200. The average molecular weight is 490 g/mol. The van der Waals surface area contributed by atoms with Crippen LogP contribution in [0.25, 0.3) is 11.0 Å². The van der Waals surface area contributed by atoms with Gasteiger partial charge in [0.15, 0.2) is 0 Å². The topological polar surface area (TPSA) is 93.9 Å². The number of ether oxygens (including phenoxy) is 1. The predicted molar refractivity (Wildman–Crippen MR) is 134 cm³/mol. The molecule has 0 spiro atoms. The zero-order chi connectivity index (χ0) is 25.0. The average Bonchev–Trinajstić information content (AvgIpc) is 2.85. The summed E-state index contributed by atoms with van der Waals surface area (Å²) in [5.41, 5.74) is 1.82. The summed E-state index contributed by atoms with van der Waals surface area (Å²) < 4.78 is 38.6. The standard InChI is InChI=1S/C27H23NO6S/c1-3-14-28(22-9-5-4-6-10-22)35(31,32)23-11-7-8-20(16-23)27(30)33-18-21-17-26(29)34-25-15-19(2)12-13-24(21)25/h3-13,15-17H,1,14,18H2,2H3. The molecule has 4 rings (SSSR count). The van der Waals surface area contributed by atoms with Gasteiger partial charge in [-0.1, -0.05) is 42.5 Å². The van der Waals surface area contributed by atoms with Crippen LogP contribution in [0.5, 0.6) is 0 Å². The fourth-order valence-corrected chi connectivity index (χ4v) is 5.13. The molecule has 0 bridgehead atoms. The molecule has 0 unspecified atom stereocenters. The molecule has 3 aromatic carbocycles. The van der Waals surface area contributed by atoms with Crippen LogP contribution >= 0.6 is 0 Å². The van der Waals surface area contributed by atoms with E-state index in [-0.39, 0.29) is 23.6 Å². The number of fused-ring (bicyclic) bond motifs is 1. The van der Waals surface area contributed by atoms with Crippen LogP contribution in [0.4, 0.5) is 5.69 Å². The van der Waals surface area contributed by atoms with Crippen molar-refractivity contribution in [3.05, 3.63) is 119 Å². The van der Waals surface area contributed by atoms with Crippen LogP contribution in [0.15, 0.2) is 106 Å². The molecule has 7 nitrogen and oxygen atoms in total. The number of rotatable bonds is 8. The summed E-state index contributed by atoms with van der Waals surface area (Å²) in [4.78, 5) is 24.7. The Labute approximate surface area is 202 Å². The van der Waals surface area contributed by atoms with E-state index in [0.29, 0.717) is 22.2 Å². The Hall–Kier alpha value is -4.17. The molecule has 178 valence electrons. The van der Waals surface area contributed by atoms with E-state index >= 15 is 0 Å². The third-order valence-corrected chi connectivity index (χ3v) is 7.13. The molecule has 0 fully saturated rings. The molecule has 0 aliphatic rings. The van der Waals surface area contributed by atoms with Gasteiger partial charge in [0, 0.05) is 17.0 Å². The molecule has 8 heteroatoms. The SMILES string of the molecule is C=CCN(c1ccccc1)S(=O)(=O)c1cccc(C(=O)OCc2cc(=O)oc3cc(C)ccc23)c1. The molecule has 0 saturated carbocycles. The maximum atomic E-state index is 13.4. The van der Waals surface area contributed by atoms with Crippen molar-refractivity contribution in [2.75, 3.05) is 10.8 Å². The van der Waals surface area contributed by atoms with Gasteiger partial charge in [0.1, 0.15) is 12.2 Å². The van der Waals surface area contributed by atoms with E-state index in [1.54, 1.807) is 42.5 Å². The number of nitrogens with zero attached hydrogens (tertiary/aromatic N) is 1. The van der Waals surface area contributed by atoms with Crippen molar-refractivity contribution < 1.29 is 22.4 Å². The van der Waals surface area contributed by atoms with Crippen molar-refractivity contribution in [1.82, 2.24) is 0 Å². The summed E-state index contributed by atoms with van der Waals surface area (Å²) >= 11 is 0. The van der Waals surface area contributed by atoms with Gasteiger partial charge in [0.25, 0.3) is 10.0 Å². The number of para-hydroxylation sites is 1. The lowest BCUT2D eigenvalue weighted by molar-refractivity contribution is 0.0473. The van der Waals surface area contributed by atoms with Crippen LogP contribution in [-0.2, 0) is 21.4 Å². The van der Waals surface area contributed by atoms with Gasteiger partial charge < -0.3 is 9.15 Å². The number of aryl methyl sites for hydroxylation is 1. The molecule has 0 N–H and O–H groups in total. The summed E-state index contributed by atoms with van der Waals surface area (Å²) in [5, 5.41) is 0.655. The molecule has 0 aliphatic heterocycles. The molecule has 0 saturated heterocycles. The zero-order valence-corrected chi connectivity index (χ0v) is 19.8. The van der Waals surface area contributed by atoms with Gasteiger partial charge in [-0.05, 0) is 48.9 Å². The Balaban J connectivity index is 1.59. The van der Waals surface area contributed by atoms with Crippen molar-refractivity contribution in [3.8, 4) is 0 Å². The normalized spacial score (nSPS) is 11.2. The minimum absolute atomic E-state index is 0.0565. The summed E-state index contributed by atoms with van der Waals surface area (Å²) in [7, 11) is -3.98. The molecule has 0 radical (unpaired) electrons. The lowest BCUT2D eigenvalue weighted by Gasteiger charge is -2.23. The van der Waals surface area contributed by atoms with Crippen LogP contribution in [0.2, 0.25) is 0 Å². The maximum absolute atomic E-state index is 13.4. The monoisotopic (exact) mass is 489 g/mol. The molecule has 0 amide bonds. The van der Waals surface area contributed by atoms with Gasteiger partial charge in [-0.15, -0.1) is 6.58 Å². The number of hydrogen-bond donors (Lipinski definition) is 0. The number of sulfonamides is 1. The van der Waals surface area contributed by atoms with E-state index < -0.39 is 21.6 Å². The molecule has 4 aromatic rings. The summed E-state index contributed by atoms with van der Waals surface area (Å²) in [5.74, 6) is -0.717. The summed E-state index contributed by atoms with van der Waals surface area (Å²) in [6.45, 7) is 5.42. The van der Waals surface area contributed by atoms with E-state index in [1.165, 1.54) is 40.7 Å². The Morgan fingerprint density at radius 1 is 1.03 bits per heavy atom. The van der Waals surface area contributed by atoms with Crippen LogP contribution in [-0.4, -0.2) is 20.9 Å². The first-order chi connectivity index (χ1) is 16.8. The van der Waals surface area contributed by atoms with Gasteiger partial charge in [-0.2, -0.15) is 0 Å². The highest BCUT2D eigenvalue weighted by atomic mass is 32.2. The van der Waals surface area contributed by atoms with Crippen molar-refractivity contribution in [3.63, 3.8) is 0 Å². The minimum atomic E-state index is -3.98. The Kier molecular flexibility index (Phi) is 6.84. The van der Waals surface area contributed by atoms with Crippen LogP contribution in [0.3, 0.4) is 0 Å². The highest BCUT2D eigenvalue weighted by Gasteiger charge is 2.25. The number of hydrogen-bond acceptors (Lipinski definition) is 6. The van der Waals surface area contributed by atoms with E-state index in [9.17, 15) is 18.0 Å². The number of esters is 1. The van der Waals surface area contributed by atoms with Gasteiger partial charge in [-0.3, -0.25) is 4.31 Å². The number of carbonyl (C=O) groups excluding carboxylic acids is 1. The largest absolute Gasteiger partial charge is 0.457 e. The van der Waals surface area contributed by atoms with Gasteiger partial charge in [-0.25, -0.2) is 18.0 Å². The molecule has 0 aliphatic carbocycles. The molecule has 1 aromatic heterocycles. The second-order valence-electron chi connectivity index (χ2n) is 7.85. The van der Waals surface area contributed by atoms with Crippen molar-refractivity contribution in [2.45, 2.75) is 18.4 Å². The van der Waals surface area contributed by atoms with Crippen LogP contribution in [0.1, 0.15) is 21.5 Å². The zero-order valence-electron chi connectivity index (χ0n) is 19.0. The summed E-state index contributed by atoms with van der Waals surface area (Å²) in [6, 6.07) is 21.0. The molecule has 1 heterocycles. The van der Waals surface area contributed by atoms with Crippen molar-refractivity contribution >= 4 is 32.6 Å². The van der Waals surface area contributed by atoms with Crippen molar-refractivity contribution in [1.29, 1.82) is 0 Å². The minimum Gasteiger partial charge on any atom is -0.457 e. The van der Waals surface area contributed by atoms with E-state index in [0.717, 1.165) is 5.56 Å². The van der Waals surface area contributed by atoms with E-state index in [4.69, 9.17) is 9.15 Å². The lowest BCUT2D eigenvalue weighted by Crippen LogP contribution is -2.31. The Bertz CT molecular complexity index is 1560. The fraction of sp³-hybridized carbons (Fsp3) is 0.111. The van der Waals surface area contributed by atoms with E-state index in [1.807, 2.05) is 13.0 Å². The first-order valence-electron chi connectivity index (χ1n) is 10.8. The first-order valence-corrected chi connectivity index (χ1v) is 12.2. The van der Waals surface area contributed by atoms with Gasteiger partial charge in [0.2, 0.25) is 0 Å². The molecule has 0 atom stereocenters. The second-order valence-corrected chi connectivity index (χ2v) is 9.72. The first kappa shape index (κ1) is 24.0. The Morgan fingerprint density at radius 2 is 1.80 bits per heavy atom. The van der Waals surface area contributed by atoms with Gasteiger partial charge >= 0.3 is 11.6 Å². The molecular weight excluding hydrogens is 466 g/mol. The third kappa shape index (κ3) is 5.17. The molecule has 35 heavy (non-hydrogen) atoms. The summed E-state index contributed by atoms with van der Waals surface area (Å²) in [6.07, 6.45) is 1.49. The van der Waals surface area contributed by atoms with Crippen molar-refractivity contribution in [2.24, 2.45) is 0 Å². The highest BCUT2D eigenvalue weighted by Crippen LogP contribution is 2.25. The number of carbonyl (C=O) groups is 1. The van der Waals surface area contributed by atoms with Crippen LogP contribution in [0, 0.1) is 6.92 Å².